The van der Waals surface area contributed by atoms with Gasteiger partial charge in [0, 0.05) is 23.4 Å². The van der Waals surface area contributed by atoms with E-state index < -0.39 is 17.3 Å². The molecule has 0 aliphatic rings. The van der Waals surface area contributed by atoms with Crippen molar-refractivity contribution in [1.82, 2.24) is 9.55 Å². The number of nitrogens with zero attached hydrogens (tertiary/aromatic N) is 3. The summed E-state index contributed by atoms with van der Waals surface area (Å²) in [6, 6.07) is 5.35. The van der Waals surface area contributed by atoms with Crippen LogP contribution in [0.15, 0.2) is 59.9 Å². The number of imidazole rings is 1. The molecule has 6 nitrogen and oxygen atoms in total. The Morgan fingerprint density at radius 1 is 1.30 bits per heavy atom. The minimum absolute atomic E-state index is 0.146. The quantitative estimate of drug-likeness (QED) is 0.646. The van der Waals surface area contributed by atoms with Crippen molar-refractivity contribution in [1.29, 1.82) is 0 Å². The number of allylic oxidation sites excluding steroid dienone is 2. The number of methoxy groups -OCH3 is 1. The molecule has 0 aliphatic carbocycles. The highest BCUT2D eigenvalue weighted by Crippen LogP contribution is 2.29. The summed E-state index contributed by atoms with van der Waals surface area (Å²) >= 11 is 0. The lowest BCUT2D eigenvalue weighted by Crippen LogP contribution is -2.25. The van der Waals surface area contributed by atoms with Crippen molar-refractivity contribution < 1.29 is 17.9 Å². The van der Waals surface area contributed by atoms with Crippen LogP contribution in [0.25, 0.3) is 5.69 Å². The molecule has 30 heavy (non-hydrogen) atoms. The molecule has 0 amide bonds. The summed E-state index contributed by atoms with van der Waals surface area (Å²) < 4.78 is 45.8. The van der Waals surface area contributed by atoms with Crippen LogP contribution in [0.4, 0.5) is 18.9 Å². The van der Waals surface area contributed by atoms with Gasteiger partial charge in [-0.2, -0.15) is 13.2 Å². The Hall–Kier alpha value is -3.23. The first-order valence-electron chi connectivity index (χ1n) is 9.09. The van der Waals surface area contributed by atoms with Gasteiger partial charge in [-0.3, -0.25) is 0 Å². The van der Waals surface area contributed by atoms with E-state index in [1.165, 1.54) is 0 Å². The standard InChI is InChI=1S/C21H26F3N5O/c1-13-11-29(12-26-13)16-8-7-15(9-17(16)30-6)27-14(2)28-19(20(3,4)5)10-18(25)21(22,23)24/h7-12,27H,2,25H2,1,3-6H3/b18-10-,28-19?. The van der Waals surface area contributed by atoms with E-state index in [2.05, 4.69) is 21.9 Å². The first kappa shape index (κ1) is 23.1. The lowest BCUT2D eigenvalue weighted by atomic mass is 9.89. The lowest BCUT2D eigenvalue weighted by molar-refractivity contribution is -0.0925. The summed E-state index contributed by atoms with van der Waals surface area (Å²) in [5.74, 6) is 0.742. The fraction of sp³-hybridized carbons (Fsp3) is 0.333. The number of nitrogens with one attached hydrogen (secondary N) is 1. The van der Waals surface area contributed by atoms with Crippen LogP contribution in [-0.4, -0.2) is 28.5 Å². The molecule has 0 bridgehead atoms. The van der Waals surface area contributed by atoms with Crippen molar-refractivity contribution in [3.63, 3.8) is 0 Å². The molecule has 2 aromatic rings. The summed E-state index contributed by atoms with van der Waals surface area (Å²) in [5, 5.41) is 2.98. The molecule has 0 saturated carbocycles. The van der Waals surface area contributed by atoms with E-state index in [9.17, 15) is 13.2 Å². The van der Waals surface area contributed by atoms with Crippen LogP contribution in [0.3, 0.4) is 0 Å². The molecular formula is C21H26F3N5O. The maximum Gasteiger partial charge on any atom is 0.430 e. The smallest absolute Gasteiger partial charge is 0.430 e. The van der Waals surface area contributed by atoms with Crippen LogP contribution >= 0.6 is 0 Å². The van der Waals surface area contributed by atoms with Gasteiger partial charge in [0.05, 0.1) is 30.5 Å². The third kappa shape index (κ3) is 5.88. The van der Waals surface area contributed by atoms with Crippen molar-refractivity contribution in [2.24, 2.45) is 16.1 Å². The number of aryl methyl sites for hydroxylation is 1. The van der Waals surface area contributed by atoms with Gasteiger partial charge >= 0.3 is 6.18 Å². The van der Waals surface area contributed by atoms with Gasteiger partial charge in [0.1, 0.15) is 17.3 Å². The van der Waals surface area contributed by atoms with Crippen molar-refractivity contribution in [2.45, 2.75) is 33.9 Å². The summed E-state index contributed by atoms with van der Waals surface area (Å²) in [7, 11) is 1.54. The number of benzene rings is 1. The predicted octanol–water partition coefficient (Wildman–Crippen LogP) is 4.96. The molecule has 2 rings (SSSR count). The van der Waals surface area contributed by atoms with Crippen LogP contribution in [0.2, 0.25) is 0 Å². The average molecular weight is 421 g/mol. The number of ether oxygens (including phenoxy) is 1. The van der Waals surface area contributed by atoms with E-state index in [0.29, 0.717) is 11.4 Å². The van der Waals surface area contributed by atoms with Crippen LogP contribution in [0, 0.1) is 12.3 Å². The molecule has 1 aromatic carbocycles. The van der Waals surface area contributed by atoms with E-state index in [1.807, 2.05) is 23.8 Å². The highest BCUT2D eigenvalue weighted by atomic mass is 19.4. The molecule has 0 spiro atoms. The first-order valence-corrected chi connectivity index (χ1v) is 9.09. The van der Waals surface area contributed by atoms with Crippen LogP contribution in [-0.2, 0) is 0 Å². The highest BCUT2D eigenvalue weighted by molar-refractivity contribution is 6.00. The molecule has 1 aromatic heterocycles. The number of nitrogens with two attached hydrogens (primary N) is 1. The summed E-state index contributed by atoms with van der Waals surface area (Å²) in [6.07, 6.45) is -0.259. The Labute approximate surface area is 174 Å². The van der Waals surface area contributed by atoms with E-state index >= 15 is 0 Å². The normalized spacial score (nSPS) is 13.3. The fourth-order valence-corrected chi connectivity index (χ4v) is 2.51. The second kappa shape index (κ2) is 8.64. The van der Waals surface area contributed by atoms with E-state index in [-0.39, 0.29) is 11.5 Å². The van der Waals surface area contributed by atoms with Gasteiger partial charge in [-0.1, -0.05) is 27.4 Å². The van der Waals surface area contributed by atoms with Crippen molar-refractivity contribution in [3.05, 3.63) is 60.6 Å². The summed E-state index contributed by atoms with van der Waals surface area (Å²) in [4.78, 5) is 8.43. The third-order valence-corrected chi connectivity index (χ3v) is 4.10. The van der Waals surface area contributed by atoms with Gasteiger partial charge in [0.2, 0.25) is 0 Å². The monoisotopic (exact) mass is 421 g/mol. The Bertz CT molecular complexity index is 981. The number of aliphatic imine (C=N–C) groups is 1. The number of alkyl halides is 3. The average Bonchev–Trinajstić information content (AvgIpc) is 3.05. The third-order valence-electron chi connectivity index (χ3n) is 4.10. The van der Waals surface area contributed by atoms with Crippen LogP contribution < -0.4 is 15.8 Å². The topological polar surface area (TPSA) is 77.5 Å². The number of aromatic nitrogens is 2. The van der Waals surface area contributed by atoms with Gasteiger partial charge in [0.15, 0.2) is 0 Å². The predicted molar refractivity (Wildman–Crippen MR) is 113 cm³/mol. The Morgan fingerprint density at radius 3 is 2.47 bits per heavy atom. The number of anilines is 1. The maximum absolute atomic E-state index is 12.8. The zero-order valence-corrected chi connectivity index (χ0v) is 17.6. The molecular weight excluding hydrogens is 395 g/mol. The van der Waals surface area contributed by atoms with Gasteiger partial charge in [-0.15, -0.1) is 0 Å². The van der Waals surface area contributed by atoms with Crippen molar-refractivity contribution >= 4 is 11.4 Å². The van der Waals surface area contributed by atoms with Gasteiger partial charge < -0.3 is 20.4 Å². The fourth-order valence-electron chi connectivity index (χ4n) is 2.51. The number of rotatable bonds is 6. The molecule has 3 N–H and O–H groups in total. The van der Waals surface area contributed by atoms with E-state index in [0.717, 1.165) is 17.5 Å². The molecule has 0 radical (unpaired) electrons. The molecule has 9 heteroatoms. The molecule has 1 heterocycles. The molecule has 0 fully saturated rings. The molecule has 0 atom stereocenters. The largest absolute Gasteiger partial charge is 0.494 e. The number of hydrogen-bond donors (Lipinski definition) is 2. The Morgan fingerprint density at radius 2 is 1.97 bits per heavy atom. The Kier molecular flexibility index (Phi) is 6.64. The zero-order valence-electron chi connectivity index (χ0n) is 17.6. The molecule has 0 saturated heterocycles. The van der Waals surface area contributed by atoms with Gasteiger partial charge in [-0.25, -0.2) is 9.98 Å². The minimum atomic E-state index is -4.63. The molecule has 0 aliphatic heterocycles. The van der Waals surface area contributed by atoms with Gasteiger partial charge in [0.25, 0.3) is 0 Å². The molecule has 0 unspecified atom stereocenters. The number of halogens is 3. The first-order chi connectivity index (χ1) is 13.8. The summed E-state index contributed by atoms with van der Waals surface area (Å²) in [6.45, 7) is 10.9. The zero-order chi connectivity index (χ0) is 22.7. The lowest BCUT2D eigenvalue weighted by Gasteiger charge is -2.21. The minimum Gasteiger partial charge on any atom is -0.494 e. The summed E-state index contributed by atoms with van der Waals surface area (Å²) in [5.41, 5.74) is 5.68. The highest BCUT2D eigenvalue weighted by Gasteiger charge is 2.33. The van der Waals surface area contributed by atoms with Crippen LogP contribution in [0.1, 0.15) is 26.5 Å². The number of hydrogen-bond acceptors (Lipinski definition) is 5. The van der Waals surface area contributed by atoms with Crippen molar-refractivity contribution in [2.75, 3.05) is 12.4 Å². The SMILES string of the molecule is C=C(N=C(/C=C(\N)C(F)(F)F)C(C)(C)C)Nc1ccc(-n2cnc(C)c2)c(OC)c1. The molecule has 162 valence electrons. The maximum atomic E-state index is 12.8. The second-order valence-corrected chi connectivity index (χ2v) is 7.73. The van der Waals surface area contributed by atoms with Gasteiger partial charge in [-0.05, 0) is 25.1 Å². The Balaban J connectivity index is 2.31. The van der Waals surface area contributed by atoms with Crippen LogP contribution in [0.5, 0.6) is 5.75 Å². The van der Waals surface area contributed by atoms with Crippen molar-refractivity contribution in [3.8, 4) is 11.4 Å². The van der Waals surface area contributed by atoms with E-state index in [4.69, 9.17) is 10.5 Å². The second-order valence-electron chi connectivity index (χ2n) is 7.73. The van der Waals surface area contributed by atoms with E-state index in [1.54, 1.807) is 46.3 Å².